The molecule has 0 aromatic heterocycles. The van der Waals surface area contributed by atoms with Crippen LogP contribution in [0.4, 0.5) is 4.79 Å². The molecular weight excluding hydrogens is 244 g/mol. The molecule has 5 nitrogen and oxygen atoms in total. The van der Waals surface area contributed by atoms with Crippen LogP contribution in [-0.4, -0.2) is 53.1 Å². The third kappa shape index (κ3) is 3.01. The number of carboxylic acids is 1. The van der Waals surface area contributed by atoms with E-state index in [2.05, 4.69) is 6.92 Å². The van der Waals surface area contributed by atoms with Gasteiger partial charge in [0, 0.05) is 26.2 Å². The molecule has 2 rings (SSSR count). The number of urea groups is 1. The van der Waals surface area contributed by atoms with Crippen molar-refractivity contribution in [3.05, 3.63) is 0 Å². The lowest BCUT2D eigenvalue weighted by Crippen LogP contribution is -2.58. The predicted octanol–water partition coefficient (Wildman–Crippen LogP) is 2.02. The lowest BCUT2D eigenvalue weighted by molar-refractivity contribution is -0.146. The van der Waals surface area contributed by atoms with Crippen LogP contribution in [0.1, 0.15) is 39.0 Å². The summed E-state index contributed by atoms with van der Waals surface area (Å²) < 4.78 is 0. The Kier molecular flexibility index (Phi) is 4.32. The number of carbonyl (C=O) groups excluding carboxylic acids is 1. The van der Waals surface area contributed by atoms with E-state index in [1.54, 1.807) is 4.90 Å². The number of carboxylic acid groups (broad SMARTS) is 1. The molecule has 0 bridgehead atoms. The molecule has 0 aromatic carbocycles. The summed E-state index contributed by atoms with van der Waals surface area (Å²) in [7, 11) is 1.85. The number of aliphatic carboxylic acids is 1. The zero-order valence-corrected chi connectivity index (χ0v) is 11.8. The highest BCUT2D eigenvalue weighted by Gasteiger charge is 2.38. The van der Waals surface area contributed by atoms with Gasteiger partial charge in [0.1, 0.15) is 0 Å². The van der Waals surface area contributed by atoms with Gasteiger partial charge in [-0.2, -0.15) is 0 Å². The van der Waals surface area contributed by atoms with Gasteiger partial charge in [0.25, 0.3) is 0 Å². The average molecular weight is 268 g/mol. The summed E-state index contributed by atoms with van der Waals surface area (Å²) in [6.45, 7) is 2.96. The topological polar surface area (TPSA) is 60.9 Å². The van der Waals surface area contributed by atoms with Gasteiger partial charge in [0.2, 0.25) is 0 Å². The summed E-state index contributed by atoms with van der Waals surface area (Å²) in [5.74, 6) is -0.344. The number of hydrogen-bond acceptors (Lipinski definition) is 2. The van der Waals surface area contributed by atoms with Gasteiger partial charge in [-0.3, -0.25) is 4.79 Å². The van der Waals surface area contributed by atoms with Crippen molar-refractivity contribution in [2.45, 2.75) is 45.1 Å². The highest BCUT2D eigenvalue weighted by molar-refractivity contribution is 5.79. The van der Waals surface area contributed by atoms with Gasteiger partial charge in [-0.1, -0.05) is 13.3 Å². The Morgan fingerprint density at radius 3 is 2.26 bits per heavy atom. The normalized spacial score (nSPS) is 27.8. The van der Waals surface area contributed by atoms with Crippen molar-refractivity contribution in [1.82, 2.24) is 9.80 Å². The standard InChI is InChI=1S/C14H24N2O3/c1-3-10-4-6-12(7-5-10)15(2)14(19)16-8-11(9-16)13(17)18/h10-12H,3-9H2,1-2H3,(H,17,18). The number of carbonyl (C=O) groups is 2. The van der Waals surface area contributed by atoms with E-state index in [-0.39, 0.29) is 11.9 Å². The van der Waals surface area contributed by atoms with Crippen LogP contribution < -0.4 is 0 Å². The number of rotatable bonds is 3. The molecule has 1 aliphatic heterocycles. The fourth-order valence-electron chi connectivity index (χ4n) is 3.11. The highest BCUT2D eigenvalue weighted by atomic mass is 16.4. The Hall–Kier alpha value is -1.26. The molecule has 2 aliphatic rings. The minimum Gasteiger partial charge on any atom is -0.481 e. The van der Waals surface area contributed by atoms with Crippen molar-refractivity contribution in [3.8, 4) is 0 Å². The summed E-state index contributed by atoms with van der Waals surface area (Å²) in [5, 5.41) is 8.82. The summed E-state index contributed by atoms with van der Waals surface area (Å²) in [6, 6.07) is 0.330. The maximum Gasteiger partial charge on any atom is 0.320 e. The second kappa shape index (κ2) is 5.80. The monoisotopic (exact) mass is 268 g/mol. The van der Waals surface area contributed by atoms with Crippen molar-refractivity contribution in [2.75, 3.05) is 20.1 Å². The molecule has 0 radical (unpaired) electrons. The van der Waals surface area contributed by atoms with Gasteiger partial charge >= 0.3 is 12.0 Å². The molecule has 19 heavy (non-hydrogen) atoms. The zero-order chi connectivity index (χ0) is 14.0. The summed E-state index contributed by atoms with van der Waals surface area (Å²) in [4.78, 5) is 26.4. The Balaban J connectivity index is 1.79. The van der Waals surface area contributed by atoms with E-state index in [4.69, 9.17) is 5.11 Å². The van der Waals surface area contributed by atoms with Crippen LogP contribution in [0.15, 0.2) is 0 Å². The van der Waals surface area contributed by atoms with Crippen molar-refractivity contribution >= 4 is 12.0 Å². The molecule has 0 atom stereocenters. The molecule has 5 heteroatoms. The van der Waals surface area contributed by atoms with Gasteiger partial charge in [-0.15, -0.1) is 0 Å². The minimum absolute atomic E-state index is 0.00236. The fourth-order valence-corrected chi connectivity index (χ4v) is 3.11. The predicted molar refractivity (Wildman–Crippen MR) is 71.9 cm³/mol. The van der Waals surface area contributed by atoms with Crippen LogP contribution in [0.2, 0.25) is 0 Å². The molecule has 0 spiro atoms. The van der Waals surface area contributed by atoms with E-state index in [0.717, 1.165) is 18.8 Å². The SMILES string of the molecule is CCC1CCC(N(C)C(=O)N2CC(C(=O)O)C2)CC1. The molecule has 0 unspecified atom stereocenters. The van der Waals surface area contributed by atoms with Crippen molar-refractivity contribution in [1.29, 1.82) is 0 Å². The summed E-state index contributed by atoms with van der Waals surface area (Å²) in [6.07, 6.45) is 5.80. The number of likely N-dealkylation sites (tertiary alicyclic amines) is 1. The smallest absolute Gasteiger partial charge is 0.320 e. The van der Waals surface area contributed by atoms with E-state index in [9.17, 15) is 9.59 Å². The summed E-state index contributed by atoms with van der Waals surface area (Å²) >= 11 is 0. The minimum atomic E-state index is -0.796. The van der Waals surface area contributed by atoms with Gasteiger partial charge in [0.05, 0.1) is 5.92 Å². The molecule has 1 heterocycles. The van der Waals surface area contributed by atoms with Gasteiger partial charge in [-0.05, 0) is 31.6 Å². The second-order valence-corrected chi connectivity index (χ2v) is 5.92. The fraction of sp³-hybridized carbons (Fsp3) is 0.857. The second-order valence-electron chi connectivity index (χ2n) is 5.92. The molecule has 108 valence electrons. The van der Waals surface area contributed by atoms with E-state index < -0.39 is 5.97 Å². The molecule has 1 saturated carbocycles. The van der Waals surface area contributed by atoms with Gasteiger partial charge in [0.15, 0.2) is 0 Å². The van der Waals surface area contributed by atoms with Crippen molar-refractivity contribution < 1.29 is 14.7 Å². The van der Waals surface area contributed by atoms with Crippen LogP contribution in [0.5, 0.6) is 0 Å². The molecule has 0 aromatic rings. The van der Waals surface area contributed by atoms with Crippen LogP contribution in [0.25, 0.3) is 0 Å². The first-order valence-electron chi connectivity index (χ1n) is 7.27. The maximum absolute atomic E-state index is 12.2. The number of nitrogens with zero attached hydrogens (tertiary/aromatic N) is 2. The molecule has 1 aliphatic carbocycles. The molecule has 2 fully saturated rings. The van der Waals surface area contributed by atoms with Crippen LogP contribution >= 0.6 is 0 Å². The number of hydrogen-bond donors (Lipinski definition) is 1. The Morgan fingerprint density at radius 1 is 1.21 bits per heavy atom. The first-order chi connectivity index (χ1) is 9.02. The van der Waals surface area contributed by atoms with Crippen molar-refractivity contribution in [3.63, 3.8) is 0 Å². The average Bonchev–Trinajstić information content (AvgIpc) is 2.35. The van der Waals surface area contributed by atoms with Crippen LogP contribution in [0.3, 0.4) is 0 Å². The zero-order valence-electron chi connectivity index (χ0n) is 11.8. The largest absolute Gasteiger partial charge is 0.481 e. The summed E-state index contributed by atoms with van der Waals surface area (Å²) in [5.41, 5.74) is 0. The lowest BCUT2D eigenvalue weighted by Gasteiger charge is -2.42. The Labute approximate surface area is 114 Å². The number of amides is 2. The maximum atomic E-state index is 12.2. The van der Waals surface area contributed by atoms with Gasteiger partial charge < -0.3 is 14.9 Å². The van der Waals surface area contributed by atoms with E-state index in [1.165, 1.54) is 19.3 Å². The van der Waals surface area contributed by atoms with Crippen LogP contribution in [-0.2, 0) is 4.79 Å². The quantitative estimate of drug-likeness (QED) is 0.852. The third-order valence-electron chi connectivity index (χ3n) is 4.74. The lowest BCUT2D eigenvalue weighted by atomic mass is 9.84. The highest BCUT2D eigenvalue weighted by Crippen LogP contribution is 2.30. The Morgan fingerprint density at radius 2 is 1.79 bits per heavy atom. The van der Waals surface area contributed by atoms with E-state index in [0.29, 0.717) is 19.1 Å². The Bertz CT molecular complexity index is 345. The first kappa shape index (κ1) is 14.2. The molecule has 1 saturated heterocycles. The van der Waals surface area contributed by atoms with Gasteiger partial charge in [-0.25, -0.2) is 4.79 Å². The molecule has 2 amide bonds. The third-order valence-corrected chi connectivity index (χ3v) is 4.74. The molecular formula is C14H24N2O3. The van der Waals surface area contributed by atoms with Crippen LogP contribution in [0, 0.1) is 11.8 Å². The first-order valence-corrected chi connectivity index (χ1v) is 7.27. The van der Waals surface area contributed by atoms with E-state index >= 15 is 0 Å². The van der Waals surface area contributed by atoms with Crippen molar-refractivity contribution in [2.24, 2.45) is 11.8 Å². The molecule has 1 N–H and O–H groups in total. The van der Waals surface area contributed by atoms with E-state index in [1.807, 2.05) is 11.9 Å².